The van der Waals surface area contributed by atoms with E-state index >= 15 is 0 Å². The van der Waals surface area contributed by atoms with Crippen LogP contribution in [0.1, 0.15) is 74.2 Å². The van der Waals surface area contributed by atoms with Gasteiger partial charge in [-0.25, -0.2) is 0 Å². The zero-order valence-corrected chi connectivity index (χ0v) is 19.9. The molecule has 34 heavy (non-hydrogen) atoms. The topological polar surface area (TPSA) is 97.0 Å². The van der Waals surface area contributed by atoms with E-state index in [-0.39, 0.29) is 35.7 Å². The smallest absolute Gasteiger partial charge is 0.255 e. The number of rotatable bonds is 6. The fourth-order valence-electron chi connectivity index (χ4n) is 5.69. The highest BCUT2D eigenvalue weighted by molar-refractivity contribution is 6.05. The Balaban J connectivity index is 1.23. The number of piperidine rings is 1. The van der Waals surface area contributed by atoms with Crippen LogP contribution < -0.4 is 15.4 Å². The molecule has 8 nitrogen and oxygen atoms in total. The van der Waals surface area contributed by atoms with Crippen LogP contribution >= 0.6 is 0 Å². The molecule has 0 radical (unpaired) electrons. The van der Waals surface area contributed by atoms with Gasteiger partial charge in [-0.15, -0.1) is 0 Å². The zero-order chi connectivity index (χ0) is 23.7. The molecule has 1 aliphatic carbocycles. The molecular formula is C26H35N3O5. The number of amides is 3. The molecule has 0 spiro atoms. The van der Waals surface area contributed by atoms with Crippen LogP contribution in [0.5, 0.6) is 5.75 Å². The van der Waals surface area contributed by atoms with E-state index in [1.807, 2.05) is 18.2 Å². The lowest BCUT2D eigenvalue weighted by molar-refractivity contribution is -0.136. The third-order valence-corrected chi connectivity index (χ3v) is 7.98. The highest BCUT2D eigenvalue weighted by Gasteiger charge is 2.39. The van der Waals surface area contributed by atoms with Crippen LogP contribution in [0, 0.1) is 5.41 Å². The molecule has 1 aromatic carbocycles. The fraction of sp³-hybridized carbons (Fsp3) is 0.654. The molecule has 3 amide bonds. The van der Waals surface area contributed by atoms with Gasteiger partial charge < -0.3 is 19.7 Å². The minimum absolute atomic E-state index is 0.0959. The second-order valence-corrected chi connectivity index (χ2v) is 10.6. The van der Waals surface area contributed by atoms with Crippen LogP contribution in [0.2, 0.25) is 0 Å². The van der Waals surface area contributed by atoms with E-state index < -0.39 is 6.04 Å². The number of carbonyl (C=O) groups excluding carboxylic acids is 3. The lowest BCUT2D eigenvalue weighted by atomic mass is 9.81. The van der Waals surface area contributed by atoms with Gasteiger partial charge in [-0.2, -0.15) is 0 Å². The number of hydrogen-bond acceptors (Lipinski definition) is 6. The van der Waals surface area contributed by atoms with Gasteiger partial charge in [-0.05, 0) is 67.7 Å². The maximum absolute atomic E-state index is 12.9. The quantitative estimate of drug-likeness (QED) is 0.622. The Labute approximate surface area is 200 Å². The predicted octanol–water partition coefficient (Wildman–Crippen LogP) is 2.54. The third-order valence-electron chi connectivity index (χ3n) is 7.98. The van der Waals surface area contributed by atoms with Crippen molar-refractivity contribution in [3.05, 3.63) is 29.3 Å². The summed E-state index contributed by atoms with van der Waals surface area (Å²) in [6, 6.07) is 5.34. The van der Waals surface area contributed by atoms with Gasteiger partial charge in [-0.3, -0.25) is 19.7 Å². The van der Waals surface area contributed by atoms with Crippen LogP contribution in [0.15, 0.2) is 18.2 Å². The summed E-state index contributed by atoms with van der Waals surface area (Å²) in [6.45, 7) is 5.36. The van der Waals surface area contributed by atoms with Crippen molar-refractivity contribution >= 4 is 17.7 Å². The molecule has 8 heteroatoms. The number of nitrogens with zero attached hydrogens (tertiary/aromatic N) is 1. The second-order valence-electron chi connectivity index (χ2n) is 10.6. The normalized spacial score (nSPS) is 29.0. The van der Waals surface area contributed by atoms with E-state index in [2.05, 4.69) is 17.6 Å². The first-order chi connectivity index (χ1) is 16.4. The maximum Gasteiger partial charge on any atom is 0.255 e. The van der Waals surface area contributed by atoms with Gasteiger partial charge in [0.2, 0.25) is 11.8 Å². The Hall–Kier alpha value is -2.45. The minimum atomic E-state index is -0.597. The van der Waals surface area contributed by atoms with Crippen LogP contribution in [0.25, 0.3) is 0 Å². The number of carbonyl (C=O) groups is 3. The summed E-state index contributed by atoms with van der Waals surface area (Å²) < 4.78 is 12.0. The van der Waals surface area contributed by atoms with Gasteiger partial charge in [0.05, 0.1) is 0 Å². The first-order valence-electron chi connectivity index (χ1n) is 12.7. The standard InChI is InChI=1S/C26H35N3O5/c1-26(10-12-33-13-11-26)16-27-20-4-2-3-5-22(20)34-18-6-7-19-17(14-18)15-29(25(19)32)21-8-9-23(30)28-24(21)31/h6-7,14,20-22,27H,2-5,8-13,15-16H2,1H3,(H,28,30,31)/t20-,21?,22+/m1/s1. The summed E-state index contributed by atoms with van der Waals surface area (Å²) in [4.78, 5) is 38.3. The van der Waals surface area contributed by atoms with Gasteiger partial charge in [0.1, 0.15) is 17.9 Å². The SMILES string of the molecule is CC1(CN[C@@H]2CCCC[C@@H]2Oc2ccc3c(c2)CN(C2CCC(=O)NC2=O)C3=O)CCOCC1. The summed E-state index contributed by atoms with van der Waals surface area (Å²) in [7, 11) is 0. The molecule has 2 saturated heterocycles. The summed E-state index contributed by atoms with van der Waals surface area (Å²) >= 11 is 0. The number of hydrogen-bond donors (Lipinski definition) is 2. The molecule has 4 aliphatic rings. The van der Waals surface area contributed by atoms with Crippen molar-refractivity contribution in [1.82, 2.24) is 15.5 Å². The van der Waals surface area contributed by atoms with Crippen molar-refractivity contribution in [3.8, 4) is 5.75 Å². The van der Waals surface area contributed by atoms with E-state index in [1.54, 1.807) is 4.90 Å². The van der Waals surface area contributed by atoms with Gasteiger partial charge in [0.25, 0.3) is 5.91 Å². The highest BCUT2D eigenvalue weighted by Crippen LogP contribution is 2.33. The van der Waals surface area contributed by atoms with Crippen molar-refractivity contribution in [2.75, 3.05) is 19.8 Å². The van der Waals surface area contributed by atoms with Gasteiger partial charge in [0, 0.05) is 44.3 Å². The average molecular weight is 470 g/mol. The van der Waals surface area contributed by atoms with Crippen molar-refractivity contribution in [2.24, 2.45) is 5.41 Å². The number of imide groups is 1. The molecule has 1 unspecified atom stereocenters. The van der Waals surface area contributed by atoms with E-state index in [1.165, 1.54) is 6.42 Å². The largest absolute Gasteiger partial charge is 0.489 e. The van der Waals surface area contributed by atoms with Crippen molar-refractivity contribution in [1.29, 1.82) is 0 Å². The second kappa shape index (κ2) is 9.66. The maximum atomic E-state index is 12.9. The van der Waals surface area contributed by atoms with Gasteiger partial charge in [-0.1, -0.05) is 13.3 Å². The van der Waals surface area contributed by atoms with Crippen LogP contribution in [-0.4, -0.2) is 60.6 Å². The number of benzene rings is 1. The highest BCUT2D eigenvalue weighted by atomic mass is 16.5. The van der Waals surface area contributed by atoms with Crippen LogP contribution in [0.3, 0.4) is 0 Å². The Morgan fingerprint density at radius 3 is 2.74 bits per heavy atom. The Morgan fingerprint density at radius 2 is 1.94 bits per heavy atom. The fourth-order valence-corrected chi connectivity index (χ4v) is 5.69. The molecule has 3 atom stereocenters. The summed E-state index contributed by atoms with van der Waals surface area (Å²) in [6.07, 6.45) is 7.36. The third kappa shape index (κ3) is 4.84. The number of fused-ring (bicyclic) bond motifs is 1. The molecule has 184 valence electrons. The lowest BCUT2D eigenvalue weighted by Crippen LogP contribution is -2.52. The molecule has 3 fully saturated rings. The Morgan fingerprint density at radius 1 is 1.15 bits per heavy atom. The predicted molar refractivity (Wildman–Crippen MR) is 125 cm³/mol. The van der Waals surface area contributed by atoms with Crippen LogP contribution in [0.4, 0.5) is 0 Å². The monoisotopic (exact) mass is 469 g/mol. The Kier molecular flexibility index (Phi) is 6.62. The summed E-state index contributed by atoms with van der Waals surface area (Å²) in [5, 5.41) is 6.16. The van der Waals surface area contributed by atoms with Crippen molar-refractivity contribution < 1.29 is 23.9 Å². The van der Waals surface area contributed by atoms with Gasteiger partial charge >= 0.3 is 0 Å². The molecule has 0 aromatic heterocycles. The van der Waals surface area contributed by atoms with Crippen molar-refractivity contribution in [3.63, 3.8) is 0 Å². The average Bonchev–Trinajstić information content (AvgIpc) is 3.14. The molecular weight excluding hydrogens is 434 g/mol. The molecule has 2 N–H and O–H groups in total. The van der Waals surface area contributed by atoms with E-state index in [9.17, 15) is 14.4 Å². The summed E-state index contributed by atoms with van der Waals surface area (Å²) in [5.74, 6) is -0.0450. The minimum Gasteiger partial charge on any atom is -0.489 e. The molecule has 0 bridgehead atoms. The Bertz CT molecular complexity index is 958. The molecule has 3 heterocycles. The van der Waals surface area contributed by atoms with E-state index in [4.69, 9.17) is 9.47 Å². The van der Waals surface area contributed by atoms with E-state index in [0.29, 0.717) is 24.6 Å². The lowest BCUT2D eigenvalue weighted by Gasteiger charge is -2.38. The number of ether oxygens (including phenoxy) is 2. The first kappa shape index (κ1) is 23.3. The first-order valence-corrected chi connectivity index (χ1v) is 12.7. The van der Waals surface area contributed by atoms with Gasteiger partial charge in [0.15, 0.2) is 0 Å². The van der Waals surface area contributed by atoms with E-state index in [0.717, 1.165) is 63.2 Å². The molecule has 1 aromatic rings. The molecule has 1 saturated carbocycles. The summed E-state index contributed by atoms with van der Waals surface area (Å²) in [5.41, 5.74) is 1.76. The number of nitrogens with one attached hydrogen (secondary N) is 2. The molecule has 3 aliphatic heterocycles. The molecule has 5 rings (SSSR count). The van der Waals surface area contributed by atoms with Crippen molar-refractivity contribution in [2.45, 2.75) is 83.0 Å². The van der Waals surface area contributed by atoms with Crippen LogP contribution in [-0.2, 0) is 20.9 Å². The zero-order valence-electron chi connectivity index (χ0n) is 19.9.